The lowest BCUT2D eigenvalue weighted by molar-refractivity contribution is 0.300. The highest BCUT2D eigenvalue weighted by atomic mass is 31.1. The summed E-state index contributed by atoms with van der Waals surface area (Å²) in [7, 11) is -0.0507. The van der Waals surface area contributed by atoms with Crippen LogP contribution in [0.2, 0.25) is 0 Å². The van der Waals surface area contributed by atoms with Crippen molar-refractivity contribution in [3.05, 3.63) is 0 Å². The molecule has 0 aromatic carbocycles. The van der Waals surface area contributed by atoms with E-state index in [4.69, 9.17) is 0 Å². The van der Waals surface area contributed by atoms with E-state index in [2.05, 4.69) is 39.0 Å². The molecule has 12 heavy (non-hydrogen) atoms. The van der Waals surface area contributed by atoms with Gasteiger partial charge in [0.05, 0.1) is 5.66 Å². The summed E-state index contributed by atoms with van der Waals surface area (Å²) < 4.78 is 0. The lowest BCUT2D eigenvalue weighted by atomic mass is 10.3. The SMILES string of the molecule is CCN(CC)CCC(C)[PH+](C)C. The van der Waals surface area contributed by atoms with Gasteiger partial charge in [-0.1, -0.05) is 13.8 Å². The van der Waals surface area contributed by atoms with E-state index in [1.807, 2.05) is 0 Å². The zero-order chi connectivity index (χ0) is 9.56. The second-order valence-corrected chi connectivity index (χ2v) is 6.93. The predicted molar refractivity (Wildman–Crippen MR) is 62.0 cm³/mol. The van der Waals surface area contributed by atoms with Crippen LogP contribution < -0.4 is 0 Å². The van der Waals surface area contributed by atoms with E-state index in [0.29, 0.717) is 0 Å². The van der Waals surface area contributed by atoms with Crippen molar-refractivity contribution >= 4 is 7.92 Å². The first-order valence-electron chi connectivity index (χ1n) is 5.14. The summed E-state index contributed by atoms with van der Waals surface area (Å²) in [5.41, 5.74) is 0.968. The summed E-state index contributed by atoms with van der Waals surface area (Å²) in [5, 5.41) is 0. The minimum absolute atomic E-state index is 0.0507. The molecule has 0 aliphatic heterocycles. The van der Waals surface area contributed by atoms with Crippen LogP contribution in [0.1, 0.15) is 27.2 Å². The summed E-state index contributed by atoms with van der Waals surface area (Å²) in [6.07, 6.45) is 1.39. The summed E-state index contributed by atoms with van der Waals surface area (Å²) >= 11 is 0. The Morgan fingerprint density at radius 1 is 1.17 bits per heavy atom. The molecule has 0 spiro atoms. The first kappa shape index (κ1) is 12.4. The molecule has 2 heteroatoms. The molecule has 1 nitrogen and oxygen atoms in total. The van der Waals surface area contributed by atoms with E-state index >= 15 is 0 Å². The largest absolute Gasteiger partial charge is 0.304 e. The highest BCUT2D eigenvalue weighted by Gasteiger charge is 2.13. The Balaban J connectivity index is 3.51. The van der Waals surface area contributed by atoms with Gasteiger partial charge in [-0.2, -0.15) is 0 Å². The molecule has 0 saturated heterocycles. The van der Waals surface area contributed by atoms with Crippen LogP contribution in [-0.4, -0.2) is 43.5 Å². The average molecular weight is 190 g/mol. The summed E-state index contributed by atoms with van der Waals surface area (Å²) in [5.74, 6) is 0. The molecule has 0 aliphatic rings. The summed E-state index contributed by atoms with van der Waals surface area (Å²) in [6, 6.07) is 0. The maximum absolute atomic E-state index is 2.52. The van der Waals surface area contributed by atoms with Crippen LogP contribution in [-0.2, 0) is 0 Å². The van der Waals surface area contributed by atoms with Crippen molar-refractivity contribution in [1.29, 1.82) is 0 Å². The maximum Gasteiger partial charge on any atom is 0.0654 e. The van der Waals surface area contributed by atoms with E-state index < -0.39 is 0 Å². The van der Waals surface area contributed by atoms with Crippen LogP contribution in [0.15, 0.2) is 0 Å². The Bertz CT molecular complexity index is 98.0. The van der Waals surface area contributed by atoms with Crippen molar-refractivity contribution in [3.63, 3.8) is 0 Å². The van der Waals surface area contributed by atoms with Gasteiger partial charge < -0.3 is 4.90 Å². The molecule has 74 valence electrons. The summed E-state index contributed by atoms with van der Waals surface area (Å²) in [6.45, 7) is 15.4. The highest BCUT2D eigenvalue weighted by Crippen LogP contribution is 2.33. The van der Waals surface area contributed by atoms with Gasteiger partial charge in [0, 0.05) is 19.9 Å². The smallest absolute Gasteiger partial charge is 0.0654 e. The van der Waals surface area contributed by atoms with Crippen LogP contribution in [0.5, 0.6) is 0 Å². The molecule has 0 N–H and O–H groups in total. The fourth-order valence-electron chi connectivity index (χ4n) is 1.20. The maximum atomic E-state index is 2.52. The zero-order valence-corrected chi connectivity index (χ0v) is 10.4. The van der Waals surface area contributed by atoms with Gasteiger partial charge in [-0.25, -0.2) is 0 Å². The van der Waals surface area contributed by atoms with Gasteiger partial charge in [0.25, 0.3) is 0 Å². The molecule has 0 heterocycles. The normalized spacial score (nSPS) is 14.2. The van der Waals surface area contributed by atoms with Gasteiger partial charge in [0.15, 0.2) is 0 Å². The molecule has 0 aliphatic carbocycles. The number of hydrogen-bond donors (Lipinski definition) is 0. The van der Waals surface area contributed by atoms with Crippen LogP contribution in [0.25, 0.3) is 0 Å². The fraction of sp³-hybridized carbons (Fsp3) is 1.00. The Labute approximate surface area is 79.3 Å². The molecule has 0 rings (SSSR count). The summed E-state index contributed by atoms with van der Waals surface area (Å²) in [4.78, 5) is 2.52. The Kier molecular flexibility index (Phi) is 7.08. The Morgan fingerprint density at radius 3 is 2.00 bits per heavy atom. The third-order valence-electron chi connectivity index (χ3n) is 2.76. The van der Waals surface area contributed by atoms with Crippen molar-refractivity contribution in [2.75, 3.05) is 33.0 Å². The molecule has 0 aromatic heterocycles. The Morgan fingerprint density at radius 2 is 1.67 bits per heavy atom. The molecular formula is C10H25NP+. The van der Waals surface area contributed by atoms with Crippen molar-refractivity contribution in [2.45, 2.75) is 32.9 Å². The lowest BCUT2D eigenvalue weighted by Gasteiger charge is -2.19. The van der Waals surface area contributed by atoms with Crippen molar-refractivity contribution in [3.8, 4) is 0 Å². The van der Waals surface area contributed by atoms with Crippen LogP contribution in [0.3, 0.4) is 0 Å². The van der Waals surface area contributed by atoms with E-state index in [-0.39, 0.29) is 7.92 Å². The Hall–Kier alpha value is 0.390. The van der Waals surface area contributed by atoms with Gasteiger partial charge in [-0.05, 0) is 34.4 Å². The van der Waals surface area contributed by atoms with Crippen molar-refractivity contribution in [2.24, 2.45) is 0 Å². The second kappa shape index (κ2) is 6.86. The third-order valence-corrected chi connectivity index (χ3v) is 5.02. The first-order chi connectivity index (χ1) is 5.61. The lowest BCUT2D eigenvalue weighted by Crippen LogP contribution is -2.25. The minimum Gasteiger partial charge on any atom is -0.304 e. The molecule has 0 fully saturated rings. The quantitative estimate of drug-likeness (QED) is 0.582. The molecule has 1 unspecified atom stereocenters. The molecule has 0 radical (unpaired) electrons. The topological polar surface area (TPSA) is 3.24 Å². The van der Waals surface area contributed by atoms with Gasteiger partial charge in [-0.3, -0.25) is 0 Å². The van der Waals surface area contributed by atoms with Crippen LogP contribution >= 0.6 is 7.92 Å². The molecule has 0 saturated carbocycles. The van der Waals surface area contributed by atoms with Crippen LogP contribution in [0, 0.1) is 0 Å². The van der Waals surface area contributed by atoms with Crippen LogP contribution in [0.4, 0.5) is 0 Å². The van der Waals surface area contributed by atoms with Gasteiger partial charge >= 0.3 is 0 Å². The number of nitrogens with zero attached hydrogens (tertiary/aromatic N) is 1. The first-order valence-corrected chi connectivity index (χ1v) is 7.71. The minimum atomic E-state index is -0.0507. The molecule has 0 amide bonds. The van der Waals surface area contributed by atoms with E-state index in [1.165, 1.54) is 26.1 Å². The van der Waals surface area contributed by atoms with E-state index in [0.717, 1.165) is 5.66 Å². The van der Waals surface area contributed by atoms with Gasteiger partial charge in [0.2, 0.25) is 0 Å². The number of rotatable bonds is 6. The van der Waals surface area contributed by atoms with E-state index in [9.17, 15) is 0 Å². The highest BCUT2D eigenvalue weighted by molar-refractivity contribution is 7.56. The molecular weight excluding hydrogens is 165 g/mol. The van der Waals surface area contributed by atoms with Gasteiger partial charge in [0.1, 0.15) is 0 Å². The number of hydrogen-bond acceptors (Lipinski definition) is 1. The van der Waals surface area contributed by atoms with Gasteiger partial charge in [-0.15, -0.1) is 0 Å². The van der Waals surface area contributed by atoms with Crippen molar-refractivity contribution in [1.82, 2.24) is 4.90 Å². The third kappa shape index (κ3) is 5.11. The second-order valence-electron chi connectivity index (χ2n) is 3.79. The van der Waals surface area contributed by atoms with E-state index in [1.54, 1.807) is 0 Å². The molecule has 1 atom stereocenters. The average Bonchev–Trinajstić information content (AvgIpc) is 2.05. The standard InChI is InChI=1S/C10H24NP/c1-6-11(7-2)9-8-10(3)12(4)5/h10H,6-9H2,1-5H3/p+1. The zero-order valence-electron chi connectivity index (χ0n) is 9.35. The predicted octanol–water partition coefficient (Wildman–Crippen LogP) is 2.58. The molecule has 0 aromatic rings. The van der Waals surface area contributed by atoms with Crippen molar-refractivity contribution < 1.29 is 0 Å². The monoisotopic (exact) mass is 190 g/mol. The molecule has 0 bridgehead atoms. The fourth-order valence-corrected chi connectivity index (χ4v) is 1.91.